The van der Waals surface area contributed by atoms with Crippen molar-refractivity contribution in [2.75, 3.05) is 0 Å². The Balaban J connectivity index is 2.94. The fourth-order valence-corrected chi connectivity index (χ4v) is 1.35. The van der Waals surface area contributed by atoms with Crippen molar-refractivity contribution in [3.05, 3.63) is 34.9 Å². The van der Waals surface area contributed by atoms with E-state index < -0.39 is 18.0 Å². The number of hydrogen-bond acceptors (Lipinski definition) is 3. The van der Waals surface area contributed by atoms with Gasteiger partial charge in [-0.3, -0.25) is 4.79 Å². The van der Waals surface area contributed by atoms with Gasteiger partial charge < -0.3 is 10.2 Å². The van der Waals surface area contributed by atoms with Crippen molar-refractivity contribution in [1.82, 2.24) is 0 Å². The van der Waals surface area contributed by atoms with Crippen LogP contribution in [0.4, 0.5) is 0 Å². The van der Waals surface area contributed by atoms with Crippen LogP contribution in [-0.4, -0.2) is 22.1 Å². The maximum absolute atomic E-state index is 10.8. The number of aliphatic hydroxyl groups is 2. The highest BCUT2D eigenvalue weighted by Crippen LogP contribution is 2.25. The van der Waals surface area contributed by atoms with Crippen LogP contribution in [0.15, 0.2) is 24.3 Å². The zero-order valence-corrected chi connectivity index (χ0v) is 8.40. The number of benzene rings is 1. The van der Waals surface area contributed by atoms with Gasteiger partial charge in [-0.2, -0.15) is 0 Å². The summed E-state index contributed by atoms with van der Waals surface area (Å²) in [5.74, 6) is -0.489. The lowest BCUT2D eigenvalue weighted by molar-refractivity contribution is -0.130. The van der Waals surface area contributed by atoms with Gasteiger partial charge in [-0.05, 0) is 13.0 Å². The van der Waals surface area contributed by atoms with Crippen LogP contribution >= 0.6 is 11.6 Å². The average molecular weight is 215 g/mol. The van der Waals surface area contributed by atoms with Gasteiger partial charge in [0.2, 0.25) is 0 Å². The van der Waals surface area contributed by atoms with E-state index in [1.807, 2.05) is 0 Å². The average Bonchev–Trinajstić information content (AvgIpc) is 2.16. The molecule has 0 spiro atoms. The fourth-order valence-electron chi connectivity index (χ4n) is 1.11. The molecule has 3 nitrogen and oxygen atoms in total. The lowest BCUT2D eigenvalue weighted by atomic mass is 10.0. The zero-order valence-electron chi connectivity index (χ0n) is 7.64. The molecule has 0 aromatic heterocycles. The Morgan fingerprint density at radius 2 is 1.93 bits per heavy atom. The van der Waals surface area contributed by atoms with Crippen molar-refractivity contribution >= 4 is 17.4 Å². The van der Waals surface area contributed by atoms with Crippen LogP contribution in [0.5, 0.6) is 0 Å². The quantitative estimate of drug-likeness (QED) is 0.798. The smallest absolute Gasteiger partial charge is 0.161 e. The van der Waals surface area contributed by atoms with Crippen LogP contribution in [0.1, 0.15) is 18.6 Å². The molecule has 0 aliphatic carbocycles. The molecule has 0 heterocycles. The molecule has 0 saturated carbocycles. The summed E-state index contributed by atoms with van der Waals surface area (Å²) < 4.78 is 0. The molecule has 4 heteroatoms. The minimum absolute atomic E-state index is 0.334. The second-order valence-corrected chi connectivity index (χ2v) is 3.43. The molecule has 0 aliphatic heterocycles. The third-order valence-electron chi connectivity index (χ3n) is 1.94. The second kappa shape index (κ2) is 4.55. The fraction of sp³-hybridized carbons (Fsp3) is 0.300. The summed E-state index contributed by atoms with van der Waals surface area (Å²) in [6.07, 6.45) is -2.68. The van der Waals surface area contributed by atoms with Crippen molar-refractivity contribution in [3.8, 4) is 0 Å². The maximum atomic E-state index is 10.8. The van der Waals surface area contributed by atoms with E-state index in [-0.39, 0.29) is 0 Å². The summed E-state index contributed by atoms with van der Waals surface area (Å²) >= 11 is 5.79. The first-order chi connectivity index (χ1) is 6.54. The second-order valence-electron chi connectivity index (χ2n) is 3.02. The first-order valence-electron chi connectivity index (χ1n) is 4.15. The number of ketones is 1. The monoisotopic (exact) mass is 214 g/mol. The maximum Gasteiger partial charge on any atom is 0.161 e. The van der Waals surface area contributed by atoms with Crippen LogP contribution in [0.3, 0.4) is 0 Å². The molecule has 1 aromatic rings. The number of aliphatic hydroxyl groups excluding tert-OH is 2. The Kier molecular flexibility index (Phi) is 3.63. The van der Waals surface area contributed by atoms with E-state index in [0.29, 0.717) is 10.6 Å². The van der Waals surface area contributed by atoms with Crippen LogP contribution < -0.4 is 0 Å². The topological polar surface area (TPSA) is 57.5 Å². The van der Waals surface area contributed by atoms with Crippen LogP contribution in [-0.2, 0) is 4.79 Å². The molecule has 14 heavy (non-hydrogen) atoms. The Morgan fingerprint density at radius 3 is 2.43 bits per heavy atom. The summed E-state index contributed by atoms with van der Waals surface area (Å²) in [6.45, 7) is 1.21. The molecule has 0 amide bonds. The van der Waals surface area contributed by atoms with Gasteiger partial charge in [-0.15, -0.1) is 0 Å². The van der Waals surface area contributed by atoms with Gasteiger partial charge in [-0.1, -0.05) is 29.8 Å². The van der Waals surface area contributed by atoms with E-state index in [1.54, 1.807) is 24.3 Å². The molecular formula is C10H11ClO3. The molecule has 0 fully saturated rings. The van der Waals surface area contributed by atoms with E-state index in [0.717, 1.165) is 0 Å². The third kappa shape index (κ3) is 2.32. The van der Waals surface area contributed by atoms with Crippen molar-refractivity contribution in [2.24, 2.45) is 0 Å². The molecule has 76 valence electrons. The number of Topliss-reactive ketones (excluding diaryl/α,β-unsaturated/α-hetero) is 1. The predicted molar refractivity (Wildman–Crippen MR) is 53.1 cm³/mol. The van der Waals surface area contributed by atoms with Gasteiger partial charge in [0, 0.05) is 10.6 Å². The van der Waals surface area contributed by atoms with Crippen molar-refractivity contribution in [2.45, 2.75) is 19.1 Å². The van der Waals surface area contributed by atoms with Gasteiger partial charge in [-0.25, -0.2) is 0 Å². The molecular weight excluding hydrogens is 204 g/mol. The number of carbonyl (C=O) groups excluding carboxylic acids is 1. The zero-order chi connectivity index (χ0) is 10.7. The van der Waals surface area contributed by atoms with Gasteiger partial charge in [0.05, 0.1) is 0 Å². The highest BCUT2D eigenvalue weighted by molar-refractivity contribution is 6.31. The molecule has 1 aromatic carbocycles. The van der Waals surface area contributed by atoms with Gasteiger partial charge >= 0.3 is 0 Å². The molecule has 2 atom stereocenters. The number of hydrogen-bond donors (Lipinski definition) is 2. The minimum atomic E-state index is -1.42. The van der Waals surface area contributed by atoms with Gasteiger partial charge in [0.25, 0.3) is 0 Å². The molecule has 0 bridgehead atoms. The van der Waals surface area contributed by atoms with Crippen LogP contribution in [0.25, 0.3) is 0 Å². The number of halogens is 1. The molecule has 0 aliphatic rings. The lowest BCUT2D eigenvalue weighted by Gasteiger charge is -2.16. The summed E-state index contributed by atoms with van der Waals surface area (Å²) in [4.78, 5) is 10.8. The Bertz CT molecular complexity index is 338. The number of carbonyl (C=O) groups is 1. The van der Waals surface area contributed by atoms with E-state index in [4.69, 9.17) is 11.6 Å². The highest BCUT2D eigenvalue weighted by atomic mass is 35.5. The molecule has 0 saturated heterocycles. The van der Waals surface area contributed by atoms with E-state index >= 15 is 0 Å². The Morgan fingerprint density at radius 1 is 1.36 bits per heavy atom. The van der Waals surface area contributed by atoms with E-state index in [1.165, 1.54) is 6.92 Å². The van der Waals surface area contributed by atoms with Crippen molar-refractivity contribution in [1.29, 1.82) is 0 Å². The summed E-state index contributed by atoms with van der Waals surface area (Å²) in [7, 11) is 0. The minimum Gasteiger partial charge on any atom is -0.385 e. The molecule has 1 rings (SSSR count). The first kappa shape index (κ1) is 11.2. The van der Waals surface area contributed by atoms with E-state index in [2.05, 4.69) is 0 Å². The first-order valence-corrected chi connectivity index (χ1v) is 4.53. The highest BCUT2D eigenvalue weighted by Gasteiger charge is 2.23. The summed E-state index contributed by atoms with van der Waals surface area (Å²) in [5.41, 5.74) is 0.358. The summed E-state index contributed by atoms with van der Waals surface area (Å²) in [5, 5.41) is 19.2. The van der Waals surface area contributed by atoms with Gasteiger partial charge in [0.15, 0.2) is 5.78 Å². The van der Waals surface area contributed by atoms with Crippen LogP contribution in [0.2, 0.25) is 5.02 Å². The predicted octanol–water partition coefficient (Wildman–Crippen LogP) is 1.32. The lowest BCUT2D eigenvalue weighted by Crippen LogP contribution is -2.25. The van der Waals surface area contributed by atoms with Crippen molar-refractivity contribution < 1.29 is 15.0 Å². The Labute approximate surface area is 86.9 Å². The number of rotatable bonds is 3. The summed E-state index contributed by atoms with van der Waals surface area (Å²) in [6, 6.07) is 6.54. The molecule has 0 unspecified atom stereocenters. The van der Waals surface area contributed by atoms with Crippen molar-refractivity contribution in [3.63, 3.8) is 0 Å². The standard InChI is InChI=1S/C10H11ClO3/c1-6(12)9(13)10(14)7-4-2-3-5-8(7)11/h2-5,9-10,13-14H,1H3/t9-,10+/m0/s1. The third-order valence-corrected chi connectivity index (χ3v) is 2.28. The normalized spacial score (nSPS) is 14.9. The molecule has 0 radical (unpaired) electrons. The molecule has 2 N–H and O–H groups in total. The SMILES string of the molecule is CC(=O)[C@H](O)[C@H](O)c1ccccc1Cl. The van der Waals surface area contributed by atoms with Gasteiger partial charge in [0.1, 0.15) is 12.2 Å². The largest absolute Gasteiger partial charge is 0.385 e. The van der Waals surface area contributed by atoms with Crippen LogP contribution in [0, 0.1) is 0 Å². The van der Waals surface area contributed by atoms with E-state index in [9.17, 15) is 15.0 Å². The Hall–Kier alpha value is -0.900.